The first-order chi connectivity index (χ1) is 11.6. The fourth-order valence-corrected chi connectivity index (χ4v) is 4.18. The molecule has 0 heterocycles. The van der Waals surface area contributed by atoms with E-state index in [1.54, 1.807) is 12.1 Å². The fourth-order valence-electron chi connectivity index (χ4n) is 3.04. The van der Waals surface area contributed by atoms with Crippen LogP contribution in [0.2, 0.25) is 0 Å². The topological polar surface area (TPSA) is 72.5 Å². The molecule has 1 aromatic carbocycles. The fraction of sp³-hybridized carbons (Fsp3) is 0.556. The number of rotatable bonds is 8. The third kappa shape index (κ3) is 5.74. The molecule has 1 N–H and O–H groups in total. The maximum atomic E-state index is 12.3. The molecule has 5 nitrogen and oxygen atoms in total. The summed E-state index contributed by atoms with van der Waals surface area (Å²) in [6.45, 7) is 0. The third-order valence-corrected chi connectivity index (χ3v) is 5.77. The van der Waals surface area contributed by atoms with Gasteiger partial charge in [0, 0.05) is 17.1 Å². The number of nitrogens with one attached hydrogen (secondary N) is 1. The molecule has 1 amide bonds. The monoisotopic (exact) mass is 351 g/mol. The van der Waals surface area contributed by atoms with Crippen molar-refractivity contribution in [1.29, 1.82) is 0 Å². The highest BCUT2D eigenvalue weighted by atomic mass is 32.2. The number of hydrogen-bond acceptors (Lipinski definition) is 4. The molecule has 0 spiro atoms. The van der Waals surface area contributed by atoms with Gasteiger partial charge in [0.25, 0.3) is 0 Å². The largest absolute Gasteiger partial charge is 0.467 e. The third-order valence-electron chi connectivity index (χ3n) is 4.37. The van der Waals surface area contributed by atoms with Crippen LogP contribution in [0, 0.1) is 5.92 Å². The summed E-state index contributed by atoms with van der Waals surface area (Å²) in [4.78, 5) is 24.8. The van der Waals surface area contributed by atoms with Gasteiger partial charge in [-0.3, -0.25) is 9.00 Å². The average Bonchev–Trinajstić information content (AvgIpc) is 3.11. The Hall–Kier alpha value is -1.69. The highest BCUT2D eigenvalue weighted by Crippen LogP contribution is 2.27. The second-order valence-corrected chi connectivity index (χ2v) is 7.72. The van der Waals surface area contributed by atoms with E-state index >= 15 is 0 Å². The molecule has 24 heavy (non-hydrogen) atoms. The van der Waals surface area contributed by atoms with Crippen molar-refractivity contribution in [3.8, 4) is 0 Å². The van der Waals surface area contributed by atoms with Crippen molar-refractivity contribution in [2.45, 2.75) is 49.5 Å². The van der Waals surface area contributed by atoms with E-state index in [1.165, 1.54) is 20.0 Å². The zero-order chi connectivity index (χ0) is 17.4. The lowest BCUT2D eigenvalue weighted by molar-refractivity contribution is -0.145. The van der Waals surface area contributed by atoms with E-state index in [1.807, 2.05) is 18.2 Å². The zero-order valence-electron chi connectivity index (χ0n) is 14.0. The molecule has 1 aromatic rings. The van der Waals surface area contributed by atoms with Gasteiger partial charge in [-0.2, -0.15) is 0 Å². The van der Waals surface area contributed by atoms with Crippen molar-refractivity contribution in [3.63, 3.8) is 0 Å². The lowest BCUT2D eigenvalue weighted by Gasteiger charge is -2.17. The summed E-state index contributed by atoms with van der Waals surface area (Å²) in [6.07, 6.45) is 5.26. The van der Waals surface area contributed by atoms with E-state index in [4.69, 9.17) is 4.74 Å². The smallest absolute Gasteiger partial charge is 0.328 e. The Kier molecular flexibility index (Phi) is 7.43. The summed E-state index contributed by atoms with van der Waals surface area (Å²) in [5.41, 5.74) is 0. The molecule has 0 aromatic heterocycles. The SMILES string of the molecule is COC(=O)[C@@H](CC[S@@](=O)c1ccccc1)NC(=O)CC1CCCC1. The summed E-state index contributed by atoms with van der Waals surface area (Å²) in [5, 5.41) is 2.75. The summed E-state index contributed by atoms with van der Waals surface area (Å²) in [6, 6.07) is 8.37. The molecule has 1 saturated carbocycles. The van der Waals surface area contributed by atoms with E-state index in [2.05, 4.69) is 5.32 Å². The van der Waals surface area contributed by atoms with Crippen LogP contribution in [0.4, 0.5) is 0 Å². The Bertz CT molecular complexity index is 570. The van der Waals surface area contributed by atoms with Crippen molar-refractivity contribution in [3.05, 3.63) is 30.3 Å². The van der Waals surface area contributed by atoms with Gasteiger partial charge in [-0.1, -0.05) is 31.0 Å². The molecule has 132 valence electrons. The normalized spacial score (nSPS) is 17.2. The standard InChI is InChI=1S/C18H25NO4S/c1-23-18(21)16(19-17(20)13-14-7-5-6-8-14)11-12-24(22)15-9-3-2-4-10-15/h2-4,9-10,14,16H,5-8,11-13H2,1H3,(H,19,20)/t16-,24-/m1/s1. The number of carbonyl (C=O) groups excluding carboxylic acids is 2. The zero-order valence-corrected chi connectivity index (χ0v) is 14.8. The minimum atomic E-state index is -1.20. The van der Waals surface area contributed by atoms with Gasteiger partial charge in [-0.25, -0.2) is 4.79 Å². The first kappa shape index (κ1) is 18.6. The minimum Gasteiger partial charge on any atom is -0.467 e. The second-order valence-electron chi connectivity index (χ2n) is 6.15. The molecular formula is C18H25NO4S. The van der Waals surface area contributed by atoms with Crippen LogP contribution in [-0.2, 0) is 25.1 Å². The van der Waals surface area contributed by atoms with Crippen LogP contribution in [0.3, 0.4) is 0 Å². The van der Waals surface area contributed by atoms with Crippen molar-refractivity contribution in [2.24, 2.45) is 5.92 Å². The molecule has 0 saturated heterocycles. The predicted molar refractivity (Wildman–Crippen MR) is 92.9 cm³/mol. The van der Waals surface area contributed by atoms with E-state index in [0.717, 1.165) is 17.7 Å². The number of ether oxygens (including phenoxy) is 1. The van der Waals surface area contributed by atoms with Crippen molar-refractivity contribution in [2.75, 3.05) is 12.9 Å². The Morgan fingerprint density at radius 2 is 1.92 bits per heavy atom. The molecule has 6 heteroatoms. The average molecular weight is 351 g/mol. The Morgan fingerprint density at radius 3 is 2.54 bits per heavy atom. The van der Waals surface area contributed by atoms with Crippen LogP contribution in [0.25, 0.3) is 0 Å². The van der Waals surface area contributed by atoms with Gasteiger partial charge in [0.1, 0.15) is 6.04 Å². The van der Waals surface area contributed by atoms with Gasteiger partial charge in [-0.15, -0.1) is 0 Å². The number of amides is 1. The van der Waals surface area contributed by atoms with Gasteiger partial charge >= 0.3 is 5.97 Å². The number of hydrogen-bond donors (Lipinski definition) is 1. The number of carbonyl (C=O) groups is 2. The maximum absolute atomic E-state index is 12.3. The predicted octanol–water partition coefficient (Wildman–Crippen LogP) is 2.42. The maximum Gasteiger partial charge on any atom is 0.328 e. The number of benzene rings is 1. The van der Waals surface area contributed by atoms with Gasteiger partial charge in [0.15, 0.2) is 0 Å². The Morgan fingerprint density at radius 1 is 1.25 bits per heavy atom. The second kappa shape index (κ2) is 9.57. The van der Waals surface area contributed by atoms with Crippen LogP contribution in [-0.4, -0.2) is 35.0 Å². The van der Waals surface area contributed by atoms with Crippen LogP contribution in [0.5, 0.6) is 0 Å². The van der Waals surface area contributed by atoms with Crippen LogP contribution < -0.4 is 5.32 Å². The number of esters is 1. The first-order valence-corrected chi connectivity index (χ1v) is 9.72. The number of methoxy groups -OCH3 is 1. The molecule has 0 bridgehead atoms. The highest BCUT2D eigenvalue weighted by Gasteiger charge is 2.25. The Labute approximate surface area is 145 Å². The van der Waals surface area contributed by atoms with E-state index in [-0.39, 0.29) is 5.91 Å². The molecule has 1 aliphatic rings. The molecule has 0 radical (unpaired) electrons. The van der Waals surface area contributed by atoms with Gasteiger partial charge < -0.3 is 10.1 Å². The van der Waals surface area contributed by atoms with Crippen LogP contribution in [0.15, 0.2) is 35.2 Å². The van der Waals surface area contributed by atoms with Crippen LogP contribution >= 0.6 is 0 Å². The molecular weight excluding hydrogens is 326 g/mol. The molecule has 0 aliphatic heterocycles. The van der Waals surface area contributed by atoms with Crippen molar-refractivity contribution >= 4 is 22.7 Å². The van der Waals surface area contributed by atoms with Crippen molar-refractivity contribution in [1.82, 2.24) is 5.32 Å². The van der Waals surface area contributed by atoms with E-state index < -0.39 is 22.8 Å². The van der Waals surface area contributed by atoms with Gasteiger partial charge in [-0.05, 0) is 37.3 Å². The van der Waals surface area contributed by atoms with E-state index in [0.29, 0.717) is 24.5 Å². The summed E-state index contributed by atoms with van der Waals surface area (Å²) in [7, 11) is 0.0979. The highest BCUT2D eigenvalue weighted by molar-refractivity contribution is 7.85. The van der Waals surface area contributed by atoms with E-state index in [9.17, 15) is 13.8 Å². The van der Waals surface area contributed by atoms with Gasteiger partial charge in [0.05, 0.1) is 17.9 Å². The van der Waals surface area contributed by atoms with Gasteiger partial charge in [0.2, 0.25) is 5.91 Å². The Balaban J connectivity index is 1.86. The lowest BCUT2D eigenvalue weighted by atomic mass is 10.0. The first-order valence-electron chi connectivity index (χ1n) is 8.40. The summed E-state index contributed by atoms with van der Waals surface area (Å²) < 4.78 is 17.0. The quantitative estimate of drug-likeness (QED) is 0.730. The minimum absolute atomic E-state index is 0.122. The molecule has 1 aliphatic carbocycles. The molecule has 0 unspecified atom stereocenters. The molecule has 2 atom stereocenters. The summed E-state index contributed by atoms with van der Waals surface area (Å²) in [5.74, 6) is 0.109. The molecule has 1 fully saturated rings. The lowest BCUT2D eigenvalue weighted by Crippen LogP contribution is -2.42. The van der Waals surface area contributed by atoms with Crippen molar-refractivity contribution < 1.29 is 18.5 Å². The summed E-state index contributed by atoms with van der Waals surface area (Å²) >= 11 is 0. The molecule has 2 rings (SSSR count). The van der Waals surface area contributed by atoms with Crippen LogP contribution in [0.1, 0.15) is 38.5 Å².